The van der Waals surface area contributed by atoms with Crippen LogP contribution in [-0.2, 0) is 16.8 Å². The SMILES string of the molecule is CCOC1(c2noc(CC(O)CC#N)n2)CCCCCC1. The molecule has 1 fully saturated rings. The van der Waals surface area contributed by atoms with E-state index in [0.29, 0.717) is 18.3 Å². The normalized spacial score (nSPS) is 19.7. The largest absolute Gasteiger partial charge is 0.392 e. The summed E-state index contributed by atoms with van der Waals surface area (Å²) in [6, 6.07) is 1.93. The molecule has 116 valence electrons. The lowest BCUT2D eigenvalue weighted by atomic mass is 9.93. The van der Waals surface area contributed by atoms with Crippen molar-refractivity contribution in [2.45, 2.75) is 70.0 Å². The molecule has 0 bridgehead atoms. The van der Waals surface area contributed by atoms with E-state index in [2.05, 4.69) is 10.1 Å². The van der Waals surface area contributed by atoms with Gasteiger partial charge in [-0.2, -0.15) is 10.2 Å². The van der Waals surface area contributed by atoms with Crippen molar-refractivity contribution >= 4 is 0 Å². The van der Waals surface area contributed by atoms with Gasteiger partial charge in [0.25, 0.3) is 0 Å². The van der Waals surface area contributed by atoms with Gasteiger partial charge in [-0.3, -0.25) is 0 Å². The molecule has 1 unspecified atom stereocenters. The summed E-state index contributed by atoms with van der Waals surface area (Å²) in [5, 5.41) is 22.3. The summed E-state index contributed by atoms with van der Waals surface area (Å²) in [5.41, 5.74) is -0.451. The van der Waals surface area contributed by atoms with E-state index in [4.69, 9.17) is 14.5 Å². The summed E-state index contributed by atoms with van der Waals surface area (Å²) in [6.07, 6.45) is 5.93. The first-order valence-electron chi connectivity index (χ1n) is 7.72. The number of ether oxygens (including phenoxy) is 1. The number of aromatic nitrogens is 2. The third-order valence-corrected chi connectivity index (χ3v) is 3.94. The van der Waals surface area contributed by atoms with Crippen LogP contribution >= 0.6 is 0 Å². The second-order valence-corrected chi connectivity index (χ2v) is 5.57. The quantitative estimate of drug-likeness (QED) is 0.810. The van der Waals surface area contributed by atoms with Crippen LogP contribution in [0.1, 0.15) is 63.6 Å². The van der Waals surface area contributed by atoms with Crippen molar-refractivity contribution < 1.29 is 14.4 Å². The Hall–Kier alpha value is -1.45. The number of hydrogen-bond acceptors (Lipinski definition) is 6. The molecule has 0 spiro atoms. The van der Waals surface area contributed by atoms with Crippen molar-refractivity contribution in [3.63, 3.8) is 0 Å². The summed E-state index contributed by atoms with van der Waals surface area (Å²) in [6.45, 7) is 2.59. The predicted molar refractivity (Wildman–Crippen MR) is 75.2 cm³/mol. The molecule has 1 saturated carbocycles. The minimum atomic E-state index is -0.763. The Balaban J connectivity index is 2.13. The highest BCUT2D eigenvalue weighted by Gasteiger charge is 2.38. The van der Waals surface area contributed by atoms with Crippen LogP contribution in [0.5, 0.6) is 0 Å². The minimum Gasteiger partial charge on any atom is -0.392 e. The number of aliphatic hydroxyl groups excluding tert-OH is 1. The summed E-state index contributed by atoms with van der Waals surface area (Å²) >= 11 is 0. The molecular weight excluding hydrogens is 270 g/mol. The van der Waals surface area contributed by atoms with E-state index in [1.54, 1.807) is 0 Å². The van der Waals surface area contributed by atoms with E-state index in [9.17, 15) is 5.11 Å². The van der Waals surface area contributed by atoms with Gasteiger partial charge in [0, 0.05) is 6.61 Å². The molecule has 2 rings (SSSR count). The van der Waals surface area contributed by atoms with Gasteiger partial charge in [-0.15, -0.1) is 0 Å². The van der Waals surface area contributed by atoms with Crippen molar-refractivity contribution in [2.24, 2.45) is 0 Å². The minimum absolute atomic E-state index is 0.0638. The summed E-state index contributed by atoms with van der Waals surface area (Å²) in [7, 11) is 0. The highest BCUT2D eigenvalue weighted by molar-refractivity contribution is 5.03. The first-order chi connectivity index (χ1) is 10.2. The summed E-state index contributed by atoms with van der Waals surface area (Å²) in [4.78, 5) is 4.42. The predicted octanol–water partition coefficient (Wildman–Crippen LogP) is 2.47. The second kappa shape index (κ2) is 7.53. The topological polar surface area (TPSA) is 92.2 Å². The fourth-order valence-electron chi connectivity index (χ4n) is 2.91. The van der Waals surface area contributed by atoms with Crippen LogP contribution in [0, 0.1) is 11.3 Å². The average Bonchev–Trinajstić information content (AvgIpc) is 2.79. The first-order valence-corrected chi connectivity index (χ1v) is 7.72. The fourth-order valence-corrected chi connectivity index (χ4v) is 2.91. The lowest BCUT2D eigenvalue weighted by molar-refractivity contribution is -0.0636. The summed E-state index contributed by atoms with van der Waals surface area (Å²) in [5.74, 6) is 0.960. The van der Waals surface area contributed by atoms with Gasteiger partial charge in [-0.05, 0) is 19.8 Å². The monoisotopic (exact) mass is 293 g/mol. The van der Waals surface area contributed by atoms with Crippen molar-refractivity contribution in [3.8, 4) is 6.07 Å². The van der Waals surface area contributed by atoms with Crippen LogP contribution in [0.25, 0.3) is 0 Å². The second-order valence-electron chi connectivity index (χ2n) is 5.57. The van der Waals surface area contributed by atoms with Gasteiger partial charge < -0.3 is 14.4 Å². The Bertz CT molecular complexity index is 473. The third-order valence-electron chi connectivity index (χ3n) is 3.94. The Labute approximate surface area is 125 Å². The van der Waals surface area contributed by atoms with Crippen LogP contribution in [0.3, 0.4) is 0 Å². The molecule has 1 aromatic heterocycles. The van der Waals surface area contributed by atoms with Gasteiger partial charge in [0.1, 0.15) is 5.60 Å². The first kappa shape index (κ1) is 15.9. The number of nitrogens with zero attached hydrogens (tertiary/aromatic N) is 3. The van der Waals surface area contributed by atoms with Gasteiger partial charge in [-0.25, -0.2) is 0 Å². The van der Waals surface area contributed by atoms with E-state index >= 15 is 0 Å². The maximum absolute atomic E-state index is 9.65. The van der Waals surface area contributed by atoms with E-state index < -0.39 is 11.7 Å². The summed E-state index contributed by atoms with van der Waals surface area (Å²) < 4.78 is 11.2. The van der Waals surface area contributed by atoms with Crippen LogP contribution in [0.4, 0.5) is 0 Å². The molecule has 1 heterocycles. The van der Waals surface area contributed by atoms with Crippen molar-refractivity contribution in [2.75, 3.05) is 6.61 Å². The third kappa shape index (κ3) is 4.02. The van der Waals surface area contributed by atoms with Crippen LogP contribution in [0.2, 0.25) is 0 Å². The lowest BCUT2D eigenvalue weighted by Crippen LogP contribution is -2.31. The number of aliphatic hydroxyl groups is 1. The van der Waals surface area contributed by atoms with Crippen LogP contribution in [0.15, 0.2) is 4.52 Å². The molecular formula is C15H23N3O3. The van der Waals surface area contributed by atoms with Crippen LogP contribution < -0.4 is 0 Å². The molecule has 1 aromatic rings. The molecule has 6 nitrogen and oxygen atoms in total. The molecule has 1 atom stereocenters. The van der Waals surface area contributed by atoms with Crippen molar-refractivity contribution in [3.05, 3.63) is 11.7 Å². The smallest absolute Gasteiger partial charge is 0.229 e. The molecule has 1 aliphatic rings. The molecule has 1 aliphatic carbocycles. The standard InChI is InChI=1S/C15H23N3O3/c1-2-20-15(8-5-3-4-6-9-15)14-17-13(21-18-14)11-12(19)7-10-16/h12,19H,2-9,11H2,1H3. The van der Waals surface area contributed by atoms with E-state index in [0.717, 1.165) is 25.7 Å². The molecule has 6 heteroatoms. The molecule has 0 aromatic carbocycles. The average molecular weight is 293 g/mol. The van der Waals surface area contributed by atoms with Gasteiger partial charge in [0.05, 0.1) is 25.0 Å². The lowest BCUT2D eigenvalue weighted by Gasteiger charge is -2.29. The fraction of sp³-hybridized carbons (Fsp3) is 0.800. The maximum Gasteiger partial charge on any atom is 0.229 e. The van der Waals surface area contributed by atoms with Crippen molar-refractivity contribution in [1.82, 2.24) is 10.1 Å². The zero-order chi connectivity index (χ0) is 15.1. The molecule has 0 saturated heterocycles. The van der Waals surface area contributed by atoms with E-state index in [1.165, 1.54) is 12.8 Å². The molecule has 1 N–H and O–H groups in total. The Kier molecular flexibility index (Phi) is 5.71. The Morgan fingerprint density at radius 1 is 1.38 bits per heavy atom. The highest BCUT2D eigenvalue weighted by Crippen LogP contribution is 2.38. The number of nitriles is 1. The van der Waals surface area contributed by atoms with Gasteiger partial charge in [0.2, 0.25) is 11.7 Å². The van der Waals surface area contributed by atoms with Gasteiger partial charge in [0.15, 0.2) is 0 Å². The maximum atomic E-state index is 9.65. The number of hydrogen-bond donors (Lipinski definition) is 1. The molecule has 0 radical (unpaired) electrons. The van der Waals surface area contributed by atoms with Gasteiger partial charge >= 0.3 is 0 Å². The zero-order valence-corrected chi connectivity index (χ0v) is 12.5. The van der Waals surface area contributed by atoms with Gasteiger partial charge in [-0.1, -0.05) is 30.8 Å². The number of rotatable bonds is 6. The van der Waals surface area contributed by atoms with E-state index in [-0.39, 0.29) is 12.8 Å². The molecule has 0 amide bonds. The Morgan fingerprint density at radius 3 is 2.71 bits per heavy atom. The van der Waals surface area contributed by atoms with Crippen molar-refractivity contribution in [1.29, 1.82) is 5.26 Å². The highest BCUT2D eigenvalue weighted by atomic mass is 16.5. The van der Waals surface area contributed by atoms with Crippen LogP contribution in [-0.4, -0.2) is 28.0 Å². The zero-order valence-electron chi connectivity index (χ0n) is 12.5. The van der Waals surface area contributed by atoms with E-state index in [1.807, 2.05) is 13.0 Å². The Morgan fingerprint density at radius 2 is 2.10 bits per heavy atom. The molecule has 21 heavy (non-hydrogen) atoms. The molecule has 0 aliphatic heterocycles.